The van der Waals surface area contributed by atoms with E-state index in [0.29, 0.717) is 43.1 Å². The number of nitrogens with zero attached hydrogens (tertiary/aromatic N) is 2. The number of hydrogen-bond donors (Lipinski definition) is 3. The summed E-state index contributed by atoms with van der Waals surface area (Å²) in [6, 6.07) is 14.2. The van der Waals surface area contributed by atoms with Crippen molar-refractivity contribution in [3.05, 3.63) is 59.7 Å². The highest BCUT2D eigenvalue weighted by atomic mass is 16.5. The van der Waals surface area contributed by atoms with Gasteiger partial charge in [-0.15, -0.1) is 0 Å². The highest BCUT2D eigenvalue weighted by Gasteiger charge is 2.31. The molecule has 2 aliphatic rings. The molecule has 0 spiro atoms. The fraction of sp³-hybridized carbons (Fsp3) is 0.595. The quantitative estimate of drug-likeness (QED) is 0.340. The number of aliphatic hydroxyl groups is 1. The molecule has 1 aliphatic heterocycles. The zero-order valence-electron chi connectivity index (χ0n) is 28.6. The molecule has 0 radical (unpaired) electrons. The van der Waals surface area contributed by atoms with E-state index in [1.165, 1.54) is 6.42 Å². The summed E-state index contributed by atoms with van der Waals surface area (Å²) >= 11 is 0. The molecular weight excluding hydrogens is 596 g/mol. The van der Waals surface area contributed by atoms with Gasteiger partial charge in [0.05, 0.1) is 36.8 Å². The van der Waals surface area contributed by atoms with Gasteiger partial charge in [-0.2, -0.15) is 0 Å². The van der Waals surface area contributed by atoms with Gasteiger partial charge < -0.3 is 35.0 Å². The molecule has 0 saturated heterocycles. The van der Waals surface area contributed by atoms with Crippen molar-refractivity contribution in [3.8, 4) is 5.75 Å². The van der Waals surface area contributed by atoms with Crippen molar-refractivity contribution in [3.63, 3.8) is 0 Å². The third kappa shape index (κ3) is 11.0. The number of anilines is 1. The summed E-state index contributed by atoms with van der Waals surface area (Å²) in [5.41, 5.74) is 1.77. The molecule has 0 bridgehead atoms. The monoisotopic (exact) mass is 650 g/mol. The van der Waals surface area contributed by atoms with Gasteiger partial charge in [0, 0.05) is 44.4 Å². The second-order valence-electron chi connectivity index (χ2n) is 13.4. The van der Waals surface area contributed by atoms with E-state index in [4.69, 9.17) is 9.47 Å². The Kier molecular flexibility index (Phi) is 13.9. The summed E-state index contributed by atoms with van der Waals surface area (Å²) in [4.78, 5) is 43.7. The van der Waals surface area contributed by atoms with Crippen molar-refractivity contribution in [1.82, 2.24) is 15.1 Å². The Morgan fingerprint density at radius 2 is 1.74 bits per heavy atom. The van der Waals surface area contributed by atoms with Crippen molar-refractivity contribution in [2.45, 2.75) is 103 Å². The van der Waals surface area contributed by atoms with Gasteiger partial charge in [0.15, 0.2) is 0 Å². The van der Waals surface area contributed by atoms with E-state index >= 15 is 0 Å². The lowest BCUT2D eigenvalue weighted by Crippen LogP contribution is -2.48. The van der Waals surface area contributed by atoms with Gasteiger partial charge in [0.2, 0.25) is 5.91 Å². The molecule has 0 unspecified atom stereocenters. The van der Waals surface area contributed by atoms with E-state index in [9.17, 15) is 19.5 Å². The predicted octanol–water partition coefficient (Wildman–Crippen LogP) is 5.64. The maximum absolute atomic E-state index is 14.4. The van der Waals surface area contributed by atoms with Crippen LogP contribution in [0.25, 0.3) is 0 Å². The Balaban J connectivity index is 1.56. The third-order valence-electron chi connectivity index (χ3n) is 9.33. The zero-order valence-corrected chi connectivity index (χ0v) is 28.6. The van der Waals surface area contributed by atoms with Gasteiger partial charge in [0.1, 0.15) is 5.75 Å². The van der Waals surface area contributed by atoms with Crippen molar-refractivity contribution in [2.24, 2.45) is 5.92 Å². The van der Waals surface area contributed by atoms with Crippen LogP contribution in [-0.4, -0.2) is 90.4 Å². The first-order valence-electron chi connectivity index (χ1n) is 17.3. The number of ether oxygens (including phenoxy) is 2. The summed E-state index contributed by atoms with van der Waals surface area (Å²) < 4.78 is 12.7. The van der Waals surface area contributed by atoms with Crippen molar-refractivity contribution in [1.29, 1.82) is 0 Å². The summed E-state index contributed by atoms with van der Waals surface area (Å²) in [6.45, 7) is 6.78. The van der Waals surface area contributed by atoms with Gasteiger partial charge in [-0.1, -0.05) is 56.5 Å². The van der Waals surface area contributed by atoms with E-state index in [1.54, 1.807) is 35.0 Å². The Morgan fingerprint density at radius 3 is 2.47 bits per heavy atom. The minimum absolute atomic E-state index is 0.00415. The number of urea groups is 1. The fourth-order valence-corrected chi connectivity index (χ4v) is 6.34. The minimum atomic E-state index is -0.493. The van der Waals surface area contributed by atoms with Gasteiger partial charge >= 0.3 is 6.03 Å². The molecule has 1 fully saturated rings. The van der Waals surface area contributed by atoms with E-state index < -0.39 is 6.04 Å². The second-order valence-corrected chi connectivity index (χ2v) is 13.4. The van der Waals surface area contributed by atoms with Crippen LogP contribution >= 0.6 is 0 Å². The second kappa shape index (κ2) is 18.1. The maximum Gasteiger partial charge on any atom is 0.319 e. The number of aliphatic hydroxyl groups excluding tert-OH is 1. The van der Waals surface area contributed by atoms with E-state index in [1.807, 2.05) is 51.1 Å². The SMILES string of the molecule is C[C@@H]1CCCCO[C@H](CN(C)C(=O)Cc2ccccc2)[C@@H](C)CN([C@H](C)CO)C(=O)c2cc(NC(=O)NC3CCCCC3)ccc2O1. The van der Waals surface area contributed by atoms with Crippen LogP contribution in [0.15, 0.2) is 48.5 Å². The average Bonchev–Trinajstić information content (AvgIpc) is 3.06. The molecular formula is C37H54N4O6. The van der Waals surface area contributed by atoms with Crippen molar-refractivity contribution >= 4 is 23.5 Å². The molecule has 10 heteroatoms. The lowest BCUT2D eigenvalue weighted by atomic mass is 9.96. The van der Waals surface area contributed by atoms with E-state index in [2.05, 4.69) is 10.6 Å². The number of amides is 4. The smallest absolute Gasteiger partial charge is 0.319 e. The Labute approximate surface area is 280 Å². The first-order valence-corrected chi connectivity index (χ1v) is 17.3. The molecule has 258 valence electrons. The number of rotatable bonds is 8. The molecule has 4 atom stereocenters. The molecule has 1 aliphatic carbocycles. The van der Waals surface area contributed by atoms with Gasteiger partial charge in [-0.05, 0) is 69.7 Å². The zero-order chi connectivity index (χ0) is 33.8. The molecule has 10 nitrogen and oxygen atoms in total. The molecule has 0 aromatic heterocycles. The Morgan fingerprint density at radius 1 is 1.02 bits per heavy atom. The first kappa shape index (κ1) is 36.2. The third-order valence-corrected chi connectivity index (χ3v) is 9.33. The number of hydrogen-bond acceptors (Lipinski definition) is 6. The lowest BCUT2D eigenvalue weighted by molar-refractivity contribution is -0.131. The number of fused-ring (bicyclic) bond motifs is 1. The van der Waals surface area contributed by atoms with Gasteiger partial charge in [-0.25, -0.2) is 4.79 Å². The molecule has 3 N–H and O–H groups in total. The molecule has 4 rings (SSSR count). The Bertz CT molecular complexity index is 1300. The highest BCUT2D eigenvalue weighted by molar-refractivity contribution is 5.99. The van der Waals surface area contributed by atoms with E-state index in [0.717, 1.165) is 50.5 Å². The van der Waals surface area contributed by atoms with Gasteiger partial charge in [-0.3, -0.25) is 9.59 Å². The first-order chi connectivity index (χ1) is 22.6. The molecule has 1 heterocycles. The van der Waals surface area contributed by atoms with Crippen LogP contribution < -0.4 is 15.4 Å². The topological polar surface area (TPSA) is 120 Å². The van der Waals surface area contributed by atoms with Gasteiger partial charge in [0.25, 0.3) is 5.91 Å². The molecule has 2 aromatic rings. The Hall–Kier alpha value is -3.63. The van der Waals surface area contributed by atoms with E-state index in [-0.39, 0.29) is 48.6 Å². The number of likely N-dealkylation sites (N-methyl/N-ethyl adjacent to an activating group) is 1. The van der Waals surface area contributed by atoms with Crippen LogP contribution in [0, 0.1) is 5.92 Å². The van der Waals surface area contributed by atoms with Crippen molar-refractivity contribution in [2.75, 3.05) is 38.7 Å². The fourth-order valence-electron chi connectivity index (χ4n) is 6.34. The van der Waals surface area contributed by atoms with Crippen LogP contribution in [0.3, 0.4) is 0 Å². The summed E-state index contributed by atoms with van der Waals surface area (Å²) in [7, 11) is 1.79. The largest absolute Gasteiger partial charge is 0.490 e. The van der Waals surface area contributed by atoms with Crippen LogP contribution in [0.2, 0.25) is 0 Å². The minimum Gasteiger partial charge on any atom is -0.490 e. The molecule has 1 saturated carbocycles. The normalized spacial score (nSPS) is 22.3. The number of carbonyl (C=O) groups is 3. The summed E-state index contributed by atoms with van der Waals surface area (Å²) in [5.74, 6) is -0.0230. The number of benzene rings is 2. The molecule has 47 heavy (non-hydrogen) atoms. The van der Waals surface area contributed by atoms with Crippen molar-refractivity contribution < 1.29 is 29.0 Å². The average molecular weight is 651 g/mol. The molecule has 2 aromatic carbocycles. The highest BCUT2D eigenvalue weighted by Crippen LogP contribution is 2.29. The maximum atomic E-state index is 14.4. The molecule has 4 amide bonds. The lowest BCUT2D eigenvalue weighted by Gasteiger charge is -2.36. The van der Waals surface area contributed by atoms with Crippen LogP contribution in [0.4, 0.5) is 10.5 Å². The number of carbonyl (C=O) groups excluding carboxylic acids is 3. The summed E-state index contributed by atoms with van der Waals surface area (Å²) in [6.07, 6.45) is 7.65. The standard InChI is InChI=1S/C37H54N4O6/c1-26-23-41(27(2)25-42)36(44)32-22-31(39-37(45)38-30-16-9-6-10-17-30)18-19-33(32)47-28(3)13-11-12-20-46-34(26)24-40(4)35(43)21-29-14-7-5-8-15-29/h5,7-8,14-15,18-19,22,26-28,30,34,42H,6,9-13,16-17,20-21,23-25H2,1-4H3,(H2,38,39,45)/t26-,27+,28+,34+/m0/s1. The van der Waals surface area contributed by atoms with Crippen LogP contribution in [0.1, 0.15) is 88.1 Å². The van der Waals surface area contributed by atoms with Crippen LogP contribution in [-0.2, 0) is 16.0 Å². The summed E-state index contributed by atoms with van der Waals surface area (Å²) in [5, 5.41) is 16.2. The van der Waals surface area contributed by atoms with Crippen LogP contribution in [0.5, 0.6) is 5.75 Å². The number of nitrogens with one attached hydrogen (secondary N) is 2. The predicted molar refractivity (Wildman–Crippen MR) is 184 cm³/mol.